The first-order valence-electron chi connectivity index (χ1n) is 7.01. The van der Waals surface area contributed by atoms with Crippen molar-refractivity contribution in [3.8, 4) is 6.07 Å². The van der Waals surface area contributed by atoms with E-state index in [1.807, 2.05) is 13.0 Å². The zero-order chi connectivity index (χ0) is 14.8. The number of nitriles is 1. The number of rotatable bonds is 2. The minimum atomic E-state index is -0.0795. The molecule has 0 saturated carbocycles. The number of aromatic amines is 1. The van der Waals surface area contributed by atoms with Gasteiger partial charge in [-0.2, -0.15) is 5.26 Å². The smallest absolute Gasteiger partial charge is 0.227 e. The molecule has 1 amide bonds. The highest BCUT2D eigenvalue weighted by molar-refractivity contribution is 5.94. The first-order chi connectivity index (χ1) is 10.2. The van der Waals surface area contributed by atoms with Crippen LogP contribution in [-0.2, 0) is 17.6 Å². The molecule has 2 aromatic rings. The molecule has 21 heavy (non-hydrogen) atoms. The lowest BCUT2D eigenvalue weighted by molar-refractivity contribution is -0.120. The van der Waals surface area contributed by atoms with Crippen LogP contribution in [0.1, 0.15) is 29.2 Å². The number of H-pyrrole nitrogens is 1. The minimum absolute atomic E-state index is 0.0318. The first-order valence-corrected chi connectivity index (χ1v) is 7.01. The van der Waals surface area contributed by atoms with Crippen LogP contribution in [0.15, 0.2) is 24.3 Å². The third kappa shape index (κ3) is 2.65. The molecule has 1 unspecified atom stereocenters. The van der Waals surface area contributed by atoms with Crippen molar-refractivity contribution in [2.45, 2.75) is 26.2 Å². The number of amides is 1. The molecule has 1 atom stereocenters. The molecule has 0 fully saturated rings. The second kappa shape index (κ2) is 5.41. The third-order valence-electron chi connectivity index (χ3n) is 3.84. The van der Waals surface area contributed by atoms with Gasteiger partial charge in [-0.1, -0.05) is 12.1 Å². The maximum absolute atomic E-state index is 12.4. The average molecular weight is 280 g/mol. The number of nitrogens with zero attached hydrogens (tertiary/aromatic N) is 2. The first kappa shape index (κ1) is 13.4. The summed E-state index contributed by atoms with van der Waals surface area (Å²) in [6, 6.07) is 9.15. The fraction of sp³-hybridized carbons (Fsp3) is 0.312. The maximum atomic E-state index is 12.4. The predicted molar refractivity (Wildman–Crippen MR) is 78.6 cm³/mol. The van der Waals surface area contributed by atoms with Gasteiger partial charge in [0.25, 0.3) is 0 Å². The number of para-hydroxylation sites is 1. The van der Waals surface area contributed by atoms with Crippen molar-refractivity contribution in [3.63, 3.8) is 0 Å². The second-order valence-corrected chi connectivity index (χ2v) is 5.33. The van der Waals surface area contributed by atoms with Gasteiger partial charge in [0, 0.05) is 18.0 Å². The van der Waals surface area contributed by atoms with Gasteiger partial charge in [0.15, 0.2) is 0 Å². The van der Waals surface area contributed by atoms with Crippen molar-refractivity contribution in [1.29, 1.82) is 5.26 Å². The Labute approximate surface area is 123 Å². The zero-order valence-electron chi connectivity index (χ0n) is 11.8. The quantitative estimate of drug-likeness (QED) is 0.885. The van der Waals surface area contributed by atoms with Gasteiger partial charge >= 0.3 is 0 Å². The van der Waals surface area contributed by atoms with Crippen LogP contribution in [0.4, 0.5) is 5.69 Å². The van der Waals surface area contributed by atoms with E-state index in [1.54, 1.807) is 18.2 Å². The molecule has 1 aromatic heterocycles. The molecular weight excluding hydrogens is 264 g/mol. The van der Waals surface area contributed by atoms with Gasteiger partial charge in [-0.15, -0.1) is 0 Å². The topological polar surface area (TPSA) is 81.6 Å². The fourth-order valence-corrected chi connectivity index (χ4v) is 2.77. The van der Waals surface area contributed by atoms with Gasteiger partial charge in [-0.3, -0.25) is 4.79 Å². The van der Waals surface area contributed by atoms with E-state index in [9.17, 15) is 4.79 Å². The number of aryl methyl sites for hydroxylation is 2. The van der Waals surface area contributed by atoms with Crippen LogP contribution in [0.3, 0.4) is 0 Å². The van der Waals surface area contributed by atoms with Crippen molar-refractivity contribution in [1.82, 2.24) is 9.97 Å². The highest BCUT2D eigenvalue weighted by Crippen LogP contribution is 2.25. The van der Waals surface area contributed by atoms with E-state index in [2.05, 4.69) is 21.4 Å². The number of aromatic nitrogens is 2. The van der Waals surface area contributed by atoms with E-state index in [1.165, 1.54) is 0 Å². The number of hydrogen-bond donors (Lipinski definition) is 2. The monoisotopic (exact) mass is 280 g/mol. The summed E-state index contributed by atoms with van der Waals surface area (Å²) in [5, 5.41) is 11.9. The van der Waals surface area contributed by atoms with Gasteiger partial charge < -0.3 is 10.3 Å². The molecular formula is C16H16N4O. The van der Waals surface area contributed by atoms with E-state index in [0.29, 0.717) is 17.7 Å². The van der Waals surface area contributed by atoms with Crippen LogP contribution in [0.25, 0.3) is 0 Å². The molecule has 0 radical (unpaired) electrons. The zero-order valence-corrected chi connectivity index (χ0v) is 11.8. The molecule has 1 aliphatic rings. The molecule has 0 aliphatic heterocycles. The number of carbonyl (C=O) groups excluding carboxylic acids is 1. The molecule has 1 aliphatic carbocycles. The van der Waals surface area contributed by atoms with Crippen molar-refractivity contribution >= 4 is 11.6 Å². The molecule has 106 valence electrons. The highest BCUT2D eigenvalue weighted by atomic mass is 16.1. The standard InChI is InChI=1S/C16H16N4O/c1-10-18-14-7-6-11(8-15(14)19-10)16(21)20-13-5-3-2-4-12(13)9-17/h2-5,11H,6-8H2,1H3,(H,18,19)(H,20,21). The number of nitrogens with one attached hydrogen (secondary N) is 2. The summed E-state index contributed by atoms with van der Waals surface area (Å²) in [4.78, 5) is 20.0. The van der Waals surface area contributed by atoms with Gasteiger partial charge in [0.2, 0.25) is 5.91 Å². The maximum Gasteiger partial charge on any atom is 0.227 e. The van der Waals surface area contributed by atoms with E-state index in [0.717, 1.165) is 30.1 Å². The molecule has 5 nitrogen and oxygen atoms in total. The van der Waals surface area contributed by atoms with Gasteiger partial charge in [0.1, 0.15) is 11.9 Å². The Morgan fingerprint density at radius 2 is 2.29 bits per heavy atom. The Hall–Kier alpha value is -2.61. The Kier molecular flexibility index (Phi) is 3.44. The Morgan fingerprint density at radius 3 is 3.10 bits per heavy atom. The minimum Gasteiger partial charge on any atom is -0.346 e. The molecule has 3 rings (SSSR count). The average Bonchev–Trinajstić information content (AvgIpc) is 2.86. The second-order valence-electron chi connectivity index (χ2n) is 5.33. The Balaban J connectivity index is 1.74. The third-order valence-corrected chi connectivity index (χ3v) is 3.84. The number of hydrogen-bond acceptors (Lipinski definition) is 3. The number of anilines is 1. The summed E-state index contributed by atoms with van der Waals surface area (Å²) in [6.07, 6.45) is 2.28. The van der Waals surface area contributed by atoms with Crippen LogP contribution in [-0.4, -0.2) is 15.9 Å². The number of carbonyl (C=O) groups is 1. The van der Waals surface area contributed by atoms with E-state index in [4.69, 9.17) is 5.26 Å². The summed E-state index contributed by atoms with van der Waals surface area (Å²) in [5.41, 5.74) is 3.21. The molecule has 2 N–H and O–H groups in total. The number of fused-ring (bicyclic) bond motifs is 1. The van der Waals surface area contributed by atoms with Crippen LogP contribution < -0.4 is 5.32 Å². The molecule has 5 heteroatoms. The van der Waals surface area contributed by atoms with E-state index < -0.39 is 0 Å². The number of imidazole rings is 1. The lowest BCUT2D eigenvalue weighted by Gasteiger charge is -2.20. The van der Waals surface area contributed by atoms with E-state index >= 15 is 0 Å². The van der Waals surface area contributed by atoms with Crippen molar-refractivity contribution in [3.05, 3.63) is 47.0 Å². The normalized spacial score (nSPS) is 16.9. The van der Waals surface area contributed by atoms with Gasteiger partial charge in [-0.25, -0.2) is 4.98 Å². The SMILES string of the molecule is Cc1nc2c([nH]1)CC(C(=O)Nc1ccccc1C#N)CC2. The Bertz CT molecular complexity index is 726. The fourth-order valence-electron chi connectivity index (χ4n) is 2.77. The summed E-state index contributed by atoms with van der Waals surface area (Å²) in [5.74, 6) is 0.788. The summed E-state index contributed by atoms with van der Waals surface area (Å²) >= 11 is 0. The summed E-state index contributed by atoms with van der Waals surface area (Å²) in [7, 11) is 0. The largest absolute Gasteiger partial charge is 0.346 e. The number of benzene rings is 1. The van der Waals surface area contributed by atoms with Crippen molar-refractivity contribution in [2.75, 3.05) is 5.32 Å². The van der Waals surface area contributed by atoms with Crippen molar-refractivity contribution < 1.29 is 4.79 Å². The van der Waals surface area contributed by atoms with Crippen LogP contribution in [0, 0.1) is 24.2 Å². The van der Waals surface area contributed by atoms with Gasteiger partial charge in [0.05, 0.1) is 16.9 Å². The highest BCUT2D eigenvalue weighted by Gasteiger charge is 2.27. The summed E-state index contributed by atoms with van der Waals surface area (Å²) in [6.45, 7) is 1.93. The van der Waals surface area contributed by atoms with Crippen LogP contribution in [0.5, 0.6) is 0 Å². The summed E-state index contributed by atoms with van der Waals surface area (Å²) < 4.78 is 0. The molecule has 0 bridgehead atoms. The van der Waals surface area contributed by atoms with Gasteiger partial charge in [-0.05, 0) is 31.9 Å². The molecule has 0 spiro atoms. The molecule has 0 saturated heterocycles. The van der Waals surface area contributed by atoms with Crippen LogP contribution >= 0.6 is 0 Å². The lowest BCUT2D eigenvalue weighted by atomic mass is 9.89. The van der Waals surface area contributed by atoms with E-state index in [-0.39, 0.29) is 11.8 Å². The lowest BCUT2D eigenvalue weighted by Crippen LogP contribution is -2.28. The molecule has 1 heterocycles. The Morgan fingerprint density at radius 1 is 1.48 bits per heavy atom. The predicted octanol–water partition coefficient (Wildman–Crippen LogP) is 2.33. The van der Waals surface area contributed by atoms with Crippen molar-refractivity contribution in [2.24, 2.45) is 5.92 Å². The molecule has 1 aromatic carbocycles. The van der Waals surface area contributed by atoms with Crippen LogP contribution in [0.2, 0.25) is 0 Å².